The third kappa shape index (κ3) is 4.98. The fourth-order valence-electron chi connectivity index (χ4n) is 5.04. The predicted molar refractivity (Wildman–Crippen MR) is 128 cm³/mol. The first kappa shape index (κ1) is 26.1. The van der Waals surface area contributed by atoms with Crippen LogP contribution < -0.4 is 5.32 Å². The molecule has 0 bridgehead atoms. The molecule has 1 N–H and O–H groups in total. The van der Waals surface area contributed by atoms with Crippen LogP contribution in [0.4, 0.5) is 13.2 Å². The summed E-state index contributed by atoms with van der Waals surface area (Å²) in [6.45, 7) is 3.76. The topological polar surface area (TPSA) is 82.6 Å². The van der Waals surface area contributed by atoms with E-state index in [1.807, 2.05) is 38.1 Å². The number of benzene rings is 1. The van der Waals surface area contributed by atoms with Crippen molar-refractivity contribution in [2.45, 2.75) is 57.4 Å². The Kier molecular flexibility index (Phi) is 7.14. The van der Waals surface area contributed by atoms with Crippen LogP contribution in [0.15, 0.2) is 30.5 Å². The van der Waals surface area contributed by atoms with Crippen molar-refractivity contribution in [2.24, 2.45) is 11.8 Å². The molecule has 0 radical (unpaired) electrons. The van der Waals surface area contributed by atoms with Crippen LogP contribution in [0.25, 0.3) is 0 Å². The molecule has 1 fully saturated rings. The number of carbonyl (C=O) groups is 3. The smallest absolute Gasteiger partial charge is 0.347 e. The third-order valence-electron chi connectivity index (χ3n) is 6.69. The van der Waals surface area contributed by atoms with E-state index in [1.54, 1.807) is 0 Å². The second kappa shape index (κ2) is 9.84. The molecule has 1 unspecified atom stereocenters. The number of fused-ring (bicyclic) bond motifs is 1. The van der Waals surface area contributed by atoms with Crippen LogP contribution in [0, 0.1) is 11.8 Å². The number of aromatic nitrogens is 1. The zero-order valence-corrected chi connectivity index (χ0v) is 21.3. The minimum Gasteiger partial charge on any atom is -0.347 e. The van der Waals surface area contributed by atoms with E-state index >= 15 is 0 Å². The number of nitrogens with one attached hydrogen (secondary N) is 1. The zero-order chi connectivity index (χ0) is 26.4. The van der Waals surface area contributed by atoms with Crippen molar-refractivity contribution in [3.63, 3.8) is 0 Å². The second-order valence-corrected chi connectivity index (χ2v) is 11.1. The van der Waals surface area contributed by atoms with Crippen LogP contribution in [0.3, 0.4) is 0 Å². The molecule has 36 heavy (non-hydrogen) atoms. The molecule has 2 heterocycles. The summed E-state index contributed by atoms with van der Waals surface area (Å²) in [5.74, 6) is -1.67. The molecule has 1 aromatic heterocycles. The molecule has 2 aromatic rings. The first-order valence-corrected chi connectivity index (χ1v) is 12.6. The second-order valence-electron chi connectivity index (χ2n) is 10.0. The molecule has 1 aliphatic carbocycles. The minimum atomic E-state index is -4.69. The van der Waals surface area contributed by atoms with E-state index in [4.69, 9.17) is 0 Å². The molecule has 7 nitrogen and oxygen atoms in total. The lowest BCUT2D eigenvalue weighted by atomic mass is 9.88. The summed E-state index contributed by atoms with van der Waals surface area (Å²) in [7, 11) is 2.94. The zero-order valence-electron chi connectivity index (χ0n) is 20.5. The molecule has 0 saturated carbocycles. The van der Waals surface area contributed by atoms with Gasteiger partial charge in [0, 0.05) is 20.3 Å². The van der Waals surface area contributed by atoms with Gasteiger partial charge >= 0.3 is 6.18 Å². The largest absolute Gasteiger partial charge is 0.443 e. The van der Waals surface area contributed by atoms with Crippen molar-refractivity contribution in [3.05, 3.63) is 51.5 Å². The number of hydrogen-bond donors (Lipinski definition) is 1. The Morgan fingerprint density at radius 3 is 2.31 bits per heavy atom. The fraction of sp³-hybridized carbons (Fsp3) is 0.520. The minimum absolute atomic E-state index is 0.00867. The van der Waals surface area contributed by atoms with Gasteiger partial charge in [0.1, 0.15) is 18.1 Å². The van der Waals surface area contributed by atoms with Gasteiger partial charge in [0.25, 0.3) is 0 Å². The molecule has 3 atom stereocenters. The number of hydrogen-bond acceptors (Lipinski definition) is 5. The summed E-state index contributed by atoms with van der Waals surface area (Å²) in [5.41, 5.74) is 2.19. The van der Waals surface area contributed by atoms with E-state index < -0.39 is 47.0 Å². The van der Waals surface area contributed by atoms with Crippen molar-refractivity contribution >= 4 is 29.1 Å². The van der Waals surface area contributed by atoms with E-state index in [9.17, 15) is 27.6 Å². The monoisotopic (exact) mass is 522 g/mol. The van der Waals surface area contributed by atoms with Gasteiger partial charge in [-0.05, 0) is 42.2 Å². The van der Waals surface area contributed by atoms with Crippen LogP contribution in [0.1, 0.15) is 47.3 Å². The standard InChI is InChI=1S/C25H29F3N4O3S/c1-13(2)9-17-21(33)30-19(16-10-14-7-5-6-8-15(14)11-16)22(34)32(17)20(23(35)31(3)4)18-12-29-24(36-18)25(26,27)28/h5-8,12-13,16-17,19-20H,9-11H2,1-4H3,(H,30,33)/t17-,19-,20?/m1/s1. The number of nitrogens with zero attached hydrogens (tertiary/aromatic N) is 3. The van der Waals surface area contributed by atoms with Gasteiger partial charge in [-0.2, -0.15) is 13.2 Å². The quantitative estimate of drug-likeness (QED) is 0.630. The average Bonchev–Trinajstić information content (AvgIpc) is 3.45. The van der Waals surface area contributed by atoms with Crippen LogP contribution in [-0.2, 0) is 33.4 Å². The molecule has 1 aromatic carbocycles. The number of carbonyl (C=O) groups excluding carboxylic acids is 3. The first-order chi connectivity index (χ1) is 16.9. The van der Waals surface area contributed by atoms with Crippen molar-refractivity contribution in [1.82, 2.24) is 20.1 Å². The summed E-state index contributed by atoms with van der Waals surface area (Å²) < 4.78 is 40.1. The fourth-order valence-corrected chi connectivity index (χ4v) is 5.92. The molecule has 1 aliphatic heterocycles. The van der Waals surface area contributed by atoms with Gasteiger partial charge in [0.05, 0.1) is 4.88 Å². The molecule has 11 heteroatoms. The maximum atomic E-state index is 14.0. The number of likely N-dealkylation sites (N-methyl/N-ethyl adjacent to an activating group) is 1. The number of halogens is 3. The molecular weight excluding hydrogens is 493 g/mol. The summed E-state index contributed by atoms with van der Waals surface area (Å²) in [6.07, 6.45) is -2.27. The number of rotatable bonds is 6. The lowest BCUT2D eigenvalue weighted by Gasteiger charge is -2.44. The normalized spacial score (nSPS) is 21.5. The molecule has 194 valence electrons. The number of piperazine rings is 1. The van der Waals surface area contributed by atoms with Crippen LogP contribution in [0.2, 0.25) is 0 Å². The summed E-state index contributed by atoms with van der Waals surface area (Å²) in [5, 5.41) is 1.78. The maximum Gasteiger partial charge on any atom is 0.443 e. The highest BCUT2D eigenvalue weighted by Gasteiger charge is 2.50. The van der Waals surface area contributed by atoms with Crippen LogP contribution >= 0.6 is 11.3 Å². The van der Waals surface area contributed by atoms with Gasteiger partial charge in [-0.3, -0.25) is 14.4 Å². The first-order valence-electron chi connectivity index (χ1n) is 11.8. The highest BCUT2D eigenvalue weighted by atomic mass is 32.1. The summed E-state index contributed by atoms with van der Waals surface area (Å²) in [4.78, 5) is 46.7. The van der Waals surface area contributed by atoms with Gasteiger partial charge in [-0.1, -0.05) is 38.1 Å². The molecule has 0 spiro atoms. The highest BCUT2D eigenvalue weighted by Crippen LogP contribution is 2.40. The Morgan fingerprint density at radius 1 is 1.19 bits per heavy atom. The number of thiazole rings is 1. The summed E-state index contributed by atoms with van der Waals surface area (Å²) in [6, 6.07) is 4.53. The van der Waals surface area contributed by atoms with Crippen molar-refractivity contribution < 1.29 is 27.6 Å². The molecule has 1 saturated heterocycles. The predicted octanol–water partition coefficient (Wildman–Crippen LogP) is 3.45. The Balaban J connectivity index is 1.76. The lowest BCUT2D eigenvalue weighted by molar-refractivity contribution is -0.159. The van der Waals surface area contributed by atoms with E-state index in [0.717, 1.165) is 17.3 Å². The van der Waals surface area contributed by atoms with Gasteiger partial charge in [0.2, 0.25) is 17.7 Å². The Morgan fingerprint density at radius 2 is 1.81 bits per heavy atom. The van der Waals surface area contributed by atoms with Crippen LogP contribution in [-0.4, -0.2) is 58.7 Å². The Labute approximate surface area is 211 Å². The van der Waals surface area contributed by atoms with E-state index in [2.05, 4.69) is 10.3 Å². The number of amides is 3. The van der Waals surface area contributed by atoms with Gasteiger partial charge in [-0.15, -0.1) is 11.3 Å². The van der Waals surface area contributed by atoms with E-state index in [1.165, 1.54) is 23.9 Å². The van der Waals surface area contributed by atoms with Crippen molar-refractivity contribution in [2.75, 3.05) is 14.1 Å². The van der Waals surface area contributed by atoms with Gasteiger partial charge in [-0.25, -0.2) is 4.98 Å². The molecule has 2 aliphatic rings. The van der Waals surface area contributed by atoms with Crippen molar-refractivity contribution in [1.29, 1.82) is 0 Å². The highest BCUT2D eigenvalue weighted by molar-refractivity contribution is 7.11. The van der Waals surface area contributed by atoms with Crippen LogP contribution in [0.5, 0.6) is 0 Å². The number of alkyl halides is 3. The Bertz CT molecular complexity index is 1140. The molecule has 3 amide bonds. The molecular formula is C25H29F3N4O3S. The third-order valence-corrected chi connectivity index (χ3v) is 7.79. The lowest BCUT2D eigenvalue weighted by Crippen LogP contribution is -2.67. The Hall–Kier alpha value is -2.95. The maximum absolute atomic E-state index is 14.0. The van der Waals surface area contributed by atoms with Gasteiger partial charge in [0.15, 0.2) is 5.01 Å². The SMILES string of the molecule is CC(C)C[C@@H]1C(=O)N[C@H](C2Cc3ccccc3C2)C(=O)N1C(C(=O)N(C)C)c1cnc(C(F)(F)F)s1. The average molecular weight is 523 g/mol. The van der Waals surface area contributed by atoms with E-state index in [0.29, 0.717) is 24.2 Å². The van der Waals surface area contributed by atoms with Crippen molar-refractivity contribution in [3.8, 4) is 0 Å². The van der Waals surface area contributed by atoms with Gasteiger partial charge < -0.3 is 15.1 Å². The molecule has 4 rings (SSSR count). The van der Waals surface area contributed by atoms with E-state index in [-0.39, 0.29) is 23.1 Å². The summed E-state index contributed by atoms with van der Waals surface area (Å²) >= 11 is 0.326.